The van der Waals surface area contributed by atoms with Gasteiger partial charge < -0.3 is 11.5 Å². The highest BCUT2D eigenvalue weighted by Gasteiger charge is 2.12. The van der Waals surface area contributed by atoms with Gasteiger partial charge in [0, 0.05) is 0 Å². The molecule has 0 radical (unpaired) electrons. The molecule has 0 aliphatic carbocycles. The Morgan fingerprint density at radius 3 is 1.39 bits per heavy atom. The number of rotatable bonds is 0. The Balaban J connectivity index is 0.000000148. The van der Waals surface area contributed by atoms with Crippen LogP contribution in [-0.4, -0.2) is 59.8 Å². The summed E-state index contributed by atoms with van der Waals surface area (Å²) in [5, 5.41) is 0. The second-order valence-electron chi connectivity index (χ2n) is 6.90. The zero-order chi connectivity index (χ0) is 25.7. The minimum atomic E-state index is -0.737. The molecule has 0 amide bonds. The van der Waals surface area contributed by atoms with Gasteiger partial charge in [-0.05, 0) is 0 Å². The van der Waals surface area contributed by atoms with E-state index in [-0.39, 0.29) is 56.6 Å². The molecule has 0 spiro atoms. The largest absolute Gasteiger partial charge is 0.369 e. The lowest BCUT2D eigenvalue weighted by Crippen LogP contribution is -2.24. The number of nitrogens with one attached hydrogen (secondary N) is 6. The van der Waals surface area contributed by atoms with Crippen molar-refractivity contribution in [2.75, 3.05) is 11.5 Å². The van der Waals surface area contributed by atoms with E-state index in [0.29, 0.717) is 0 Å². The molecule has 6 aromatic rings. The quantitative estimate of drug-likeness (QED) is 0.0925. The van der Waals surface area contributed by atoms with Crippen LogP contribution in [0.1, 0.15) is 0 Å². The van der Waals surface area contributed by atoms with Crippen LogP contribution in [-0.2, 0) is 0 Å². The third-order valence-corrected chi connectivity index (χ3v) is 4.47. The van der Waals surface area contributed by atoms with E-state index < -0.39 is 33.6 Å². The highest BCUT2D eigenvalue weighted by atomic mass is 16.2. The molecular formula is C16H10N14O6. The summed E-state index contributed by atoms with van der Waals surface area (Å²) in [4.78, 5) is 104. The van der Waals surface area contributed by atoms with Crippen molar-refractivity contribution in [3.05, 3.63) is 62.4 Å². The topological polar surface area (TPSA) is 327 Å². The number of nitrogen functional groups attached to an aromatic ring is 2. The molecule has 20 heteroatoms. The van der Waals surface area contributed by atoms with E-state index >= 15 is 0 Å². The molecule has 36 heavy (non-hydrogen) atoms. The van der Waals surface area contributed by atoms with Gasteiger partial charge in [0.15, 0.2) is 44.7 Å². The molecule has 6 aromatic heterocycles. The molecule has 0 bridgehead atoms. The van der Waals surface area contributed by atoms with Crippen molar-refractivity contribution in [3.63, 3.8) is 0 Å². The first kappa shape index (κ1) is 21.7. The molecule has 0 saturated heterocycles. The highest BCUT2D eigenvalue weighted by molar-refractivity contribution is 5.81. The van der Waals surface area contributed by atoms with Crippen molar-refractivity contribution < 1.29 is 0 Å². The van der Waals surface area contributed by atoms with E-state index in [0.717, 1.165) is 0 Å². The lowest BCUT2D eigenvalue weighted by molar-refractivity contribution is 1.04. The van der Waals surface area contributed by atoms with Crippen LogP contribution in [0.15, 0.2) is 28.8 Å². The molecule has 180 valence electrons. The van der Waals surface area contributed by atoms with Gasteiger partial charge in [-0.25, -0.2) is 29.5 Å². The second kappa shape index (κ2) is 7.75. The Bertz CT molecular complexity index is 2220. The molecule has 10 N–H and O–H groups in total. The zero-order valence-corrected chi connectivity index (χ0v) is 17.3. The first-order valence-corrected chi connectivity index (χ1v) is 9.49. The number of aromatic nitrogens is 12. The summed E-state index contributed by atoms with van der Waals surface area (Å²) >= 11 is 0. The molecule has 0 atom stereocenters. The number of fused-ring (bicyclic) bond motifs is 4. The van der Waals surface area contributed by atoms with Crippen LogP contribution in [0.4, 0.5) is 11.9 Å². The van der Waals surface area contributed by atoms with E-state index in [1.54, 1.807) is 0 Å². The van der Waals surface area contributed by atoms with E-state index in [1.165, 1.54) is 0 Å². The third kappa shape index (κ3) is 3.70. The van der Waals surface area contributed by atoms with Crippen LogP contribution in [0.3, 0.4) is 0 Å². The van der Waals surface area contributed by atoms with Crippen LogP contribution in [0.25, 0.3) is 44.7 Å². The smallest absolute Gasteiger partial charge is 0.327 e. The Morgan fingerprint density at radius 2 is 0.833 bits per heavy atom. The molecule has 0 saturated carbocycles. The van der Waals surface area contributed by atoms with Crippen molar-refractivity contribution in [1.29, 1.82) is 0 Å². The van der Waals surface area contributed by atoms with Crippen molar-refractivity contribution >= 4 is 56.6 Å². The highest BCUT2D eigenvalue weighted by Crippen LogP contribution is 2.06. The maximum Gasteiger partial charge on any atom is 0.327 e. The van der Waals surface area contributed by atoms with Crippen molar-refractivity contribution in [2.24, 2.45) is 0 Å². The van der Waals surface area contributed by atoms with Gasteiger partial charge in [0.05, 0.1) is 0 Å². The van der Waals surface area contributed by atoms with Crippen molar-refractivity contribution in [3.8, 4) is 0 Å². The van der Waals surface area contributed by atoms with Crippen LogP contribution in [0, 0.1) is 0 Å². The zero-order valence-electron chi connectivity index (χ0n) is 17.3. The predicted octanol–water partition coefficient (Wildman–Crippen LogP) is -4.35. The average molecular weight is 494 g/mol. The fourth-order valence-corrected chi connectivity index (χ4v) is 3.04. The molecule has 20 nitrogen and oxygen atoms in total. The first-order chi connectivity index (χ1) is 17.1. The monoisotopic (exact) mass is 494 g/mol. The summed E-state index contributed by atoms with van der Waals surface area (Å²) in [5.74, 6) is -0.268. The van der Waals surface area contributed by atoms with Gasteiger partial charge in [0.2, 0.25) is 11.9 Å². The molecule has 6 rings (SSSR count). The Morgan fingerprint density at radius 1 is 0.417 bits per heavy atom. The summed E-state index contributed by atoms with van der Waals surface area (Å²) in [7, 11) is 0. The minimum absolute atomic E-state index is 0.0509. The van der Waals surface area contributed by atoms with E-state index in [4.69, 9.17) is 11.5 Å². The normalized spacial score (nSPS) is 11.1. The van der Waals surface area contributed by atoms with Gasteiger partial charge in [-0.3, -0.25) is 49.1 Å². The predicted molar refractivity (Wildman–Crippen MR) is 122 cm³/mol. The molecule has 0 aliphatic rings. The van der Waals surface area contributed by atoms with Gasteiger partial charge in [0.1, 0.15) is 0 Å². The number of nitrogens with zero attached hydrogens (tertiary/aromatic N) is 6. The maximum absolute atomic E-state index is 11.6. The minimum Gasteiger partial charge on any atom is -0.369 e. The van der Waals surface area contributed by atoms with Crippen LogP contribution < -0.4 is 45.1 Å². The third-order valence-electron chi connectivity index (χ3n) is 4.47. The molecule has 0 aromatic carbocycles. The van der Waals surface area contributed by atoms with Crippen molar-refractivity contribution in [1.82, 2.24) is 59.8 Å². The van der Waals surface area contributed by atoms with Crippen LogP contribution in [0.2, 0.25) is 0 Å². The van der Waals surface area contributed by atoms with Crippen molar-refractivity contribution in [2.45, 2.75) is 0 Å². The molecule has 0 aliphatic heterocycles. The number of nitrogens with two attached hydrogens (primary N) is 2. The molecular weight excluding hydrogens is 484 g/mol. The number of H-pyrrole nitrogens is 6. The summed E-state index contributed by atoms with van der Waals surface area (Å²) in [5.41, 5.74) is 5.78. The second-order valence-corrected chi connectivity index (χ2v) is 6.90. The lowest BCUT2D eigenvalue weighted by atomic mass is 10.4. The number of anilines is 2. The van der Waals surface area contributed by atoms with Crippen LogP contribution >= 0.6 is 0 Å². The summed E-state index contributed by atoms with van der Waals surface area (Å²) in [6, 6.07) is 0. The van der Waals surface area contributed by atoms with Gasteiger partial charge >= 0.3 is 11.4 Å². The summed E-state index contributed by atoms with van der Waals surface area (Å²) in [6.07, 6.45) is 0. The SMILES string of the molecule is Nc1nc2nc3[nH]c(=O)[nH]c(=O)c3nc2c(=O)[nH]1.Nc1nc2nc3c(=O)[nH]c(=O)[nH]c3nc2c(=O)[nH]1. The van der Waals surface area contributed by atoms with Gasteiger partial charge in [0.25, 0.3) is 22.2 Å². The number of aromatic amines is 6. The standard InChI is InChI=1S/2C8H5N7O3/c9-7-12-3-1(5(16)14-7)11-4-2(10-3)6(17)15-8(18)13-4;9-7-12-3-1(5(16)14-7)10-2-4(11-3)13-8(18)15-6(2)17/h(H3,9,10,12,14,16)(H2,11,13,15,17,18);(H5,9,11,12,13,14,15,16,17,18). The average Bonchev–Trinajstić information content (AvgIpc) is 2.77. The Labute approximate surface area is 191 Å². The van der Waals surface area contributed by atoms with Gasteiger partial charge in [-0.2, -0.15) is 9.97 Å². The molecule has 0 unspecified atom stereocenters. The fraction of sp³-hybridized carbons (Fsp3) is 0. The lowest BCUT2D eigenvalue weighted by Gasteiger charge is -1.99. The van der Waals surface area contributed by atoms with E-state index in [1.807, 2.05) is 9.97 Å². The number of hydrogen-bond acceptors (Lipinski definition) is 14. The van der Waals surface area contributed by atoms with E-state index in [9.17, 15) is 28.8 Å². The Kier molecular flexibility index (Phi) is 4.68. The fourth-order valence-electron chi connectivity index (χ4n) is 3.04. The summed E-state index contributed by atoms with van der Waals surface area (Å²) < 4.78 is 0. The maximum atomic E-state index is 11.6. The van der Waals surface area contributed by atoms with E-state index in [2.05, 4.69) is 49.8 Å². The number of hydrogen-bond donors (Lipinski definition) is 8. The summed E-state index contributed by atoms with van der Waals surface area (Å²) in [6.45, 7) is 0. The first-order valence-electron chi connectivity index (χ1n) is 9.49. The van der Waals surface area contributed by atoms with Gasteiger partial charge in [-0.15, -0.1) is 0 Å². The van der Waals surface area contributed by atoms with Gasteiger partial charge in [-0.1, -0.05) is 0 Å². The van der Waals surface area contributed by atoms with Crippen LogP contribution in [0.5, 0.6) is 0 Å². The Hall–Kier alpha value is -6.08. The molecule has 6 heterocycles. The molecule has 0 fully saturated rings.